The van der Waals surface area contributed by atoms with Crippen LogP contribution in [0.2, 0.25) is 5.15 Å². The molecular formula is C23H21ClF2N6O. The van der Waals surface area contributed by atoms with E-state index in [0.29, 0.717) is 47.9 Å². The van der Waals surface area contributed by atoms with Gasteiger partial charge in [0.25, 0.3) is 0 Å². The number of nitrogens with zero attached hydrogens (tertiary/aromatic N) is 6. The lowest BCUT2D eigenvalue weighted by atomic mass is 10.1. The largest absolute Gasteiger partial charge is 0.495 e. The Morgan fingerprint density at radius 3 is 2.67 bits per heavy atom. The predicted molar refractivity (Wildman–Crippen MR) is 121 cm³/mol. The van der Waals surface area contributed by atoms with Crippen molar-refractivity contribution in [2.24, 2.45) is 0 Å². The van der Waals surface area contributed by atoms with Crippen molar-refractivity contribution >= 4 is 23.2 Å². The number of methoxy groups -OCH3 is 1. The van der Waals surface area contributed by atoms with Gasteiger partial charge in [0, 0.05) is 37.5 Å². The van der Waals surface area contributed by atoms with Gasteiger partial charge in [-0.3, -0.25) is 0 Å². The van der Waals surface area contributed by atoms with Crippen molar-refractivity contribution in [3.05, 3.63) is 77.1 Å². The van der Waals surface area contributed by atoms with Crippen LogP contribution < -0.4 is 9.64 Å². The van der Waals surface area contributed by atoms with E-state index in [0.717, 1.165) is 30.2 Å². The molecule has 1 aliphatic heterocycles. The first kappa shape index (κ1) is 21.4. The van der Waals surface area contributed by atoms with E-state index in [-0.39, 0.29) is 0 Å². The first-order valence-electron chi connectivity index (χ1n) is 10.5. The van der Waals surface area contributed by atoms with Gasteiger partial charge < -0.3 is 14.2 Å². The van der Waals surface area contributed by atoms with Crippen LogP contribution >= 0.6 is 11.6 Å². The van der Waals surface area contributed by atoms with Crippen LogP contribution in [0.4, 0.5) is 20.4 Å². The van der Waals surface area contributed by atoms with E-state index < -0.39 is 11.6 Å². The summed E-state index contributed by atoms with van der Waals surface area (Å²) in [4.78, 5) is 10.7. The number of hydrogen-bond donors (Lipinski definition) is 0. The molecule has 0 amide bonds. The molecule has 3 heterocycles. The van der Waals surface area contributed by atoms with Crippen molar-refractivity contribution in [1.29, 1.82) is 0 Å². The van der Waals surface area contributed by atoms with Gasteiger partial charge in [0.05, 0.1) is 12.8 Å². The molecule has 5 rings (SSSR count). The number of aromatic nitrogens is 5. The molecule has 33 heavy (non-hydrogen) atoms. The average Bonchev–Trinajstić information content (AvgIpc) is 3.36. The molecule has 7 nitrogen and oxygen atoms in total. The van der Waals surface area contributed by atoms with Gasteiger partial charge in [0.1, 0.15) is 17.2 Å². The Hall–Kier alpha value is -3.46. The summed E-state index contributed by atoms with van der Waals surface area (Å²) < 4.78 is 36.5. The van der Waals surface area contributed by atoms with Crippen molar-refractivity contribution < 1.29 is 13.5 Å². The van der Waals surface area contributed by atoms with E-state index in [4.69, 9.17) is 21.3 Å². The lowest BCUT2D eigenvalue weighted by molar-refractivity contribution is 0.412. The fraction of sp³-hybridized carbons (Fsp3) is 0.261. The number of imidazole rings is 1. The Morgan fingerprint density at radius 2 is 1.91 bits per heavy atom. The smallest absolute Gasteiger partial charge is 0.228 e. The van der Waals surface area contributed by atoms with E-state index in [9.17, 15) is 8.78 Å². The maximum absolute atomic E-state index is 13.9. The van der Waals surface area contributed by atoms with Gasteiger partial charge in [-0.25, -0.2) is 18.4 Å². The van der Waals surface area contributed by atoms with Gasteiger partial charge >= 0.3 is 0 Å². The summed E-state index contributed by atoms with van der Waals surface area (Å²) in [6, 6.07) is 9.74. The van der Waals surface area contributed by atoms with Gasteiger partial charge in [0.2, 0.25) is 5.95 Å². The topological polar surface area (TPSA) is 61.0 Å². The second kappa shape index (κ2) is 8.82. The van der Waals surface area contributed by atoms with Crippen LogP contribution in [0.1, 0.15) is 24.2 Å². The molecule has 10 heteroatoms. The minimum atomic E-state index is -0.880. The van der Waals surface area contributed by atoms with Gasteiger partial charge in [-0.2, -0.15) is 10.1 Å². The maximum atomic E-state index is 13.9. The van der Waals surface area contributed by atoms with Gasteiger partial charge in [-0.05, 0) is 42.7 Å². The molecule has 170 valence electrons. The monoisotopic (exact) mass is 470 g/mol. The zero-order chi connectivity index (χ0) is 22.9. The Labute approximate surface area is 194 Å². The number of ether oxygens (including phenoxy) is 1. The minimum absolute atomic E-state index is 0.399. The summed E-state index contributed by atoms with van der Waals surface area (Å²) in [5.74, 6) is 0.191. The summed E-state index contributed by atoms with van der Waals surface area (Å²) in [6.45, 7) is 1.37. The molecule has 0 bridgehead atoms. The third kappa shape index (κ3) is 4.28. The van der Waals surface area contributed by atoms with Crippen LogP contribution in [0.25, 0.3) is 5.69 Å². The third-order valence-electron chi connectivity index (χ3n) is 5.59. The maximum Gasteiger partial charge on any atom is 0.228 e. The van der Waals surface area contributed by atoms with Crippen molar-refractivity contribution in [3.8, 4) is 11.4 Å². The second-order valence-corrected chi connectivity index (χ2v) is 8.18. The molecule has 2 aromatic carbocycles. The molecule has 0 unspecified atom stereocenters. The molecular weight excluding hydrogens is 450 g/mol. The minimum Gasteiger partial charge on any atom is -0.495 e. The standard InChI is InChI=1S/C23H21ClF2N6O/c1-33-20-10-15(4-7-19(20)30-13-21(24)27-14-30)11-22-28-23-31(8-2-3-9-32(23)29-22)16-5-6-17(25)18(26)12-16/h4-7,10,12-14H,2-3,8-9,11H2,1H3. The van der Waals surface area contributed by atoms with Crippen LogP contribution in [0.3, 0.4) is 0 Å². The molecule has 0 saturated carbocycles. The van der Waals surface area contributed by atoms with Crippen molar-refractivity contribution in [3.63, 3.8) is 0 Å². The van der Waals surface area contributed by atoms with E-state index >= 15 is 0 Å². The average molecular weight is 471 g/mol. The molecule has 4 aromatic rings. The molecule has 0 radical (unpaired) electrons. The van der Waals surface area contributed by atoms with Crippen molar-refractivity contribution in [2.75, 3.05) is 18.6 Å². The molecule has 2 aromatic heterocycles. The number of benzene rings is 2. The summed E-state index contributed by atoms with van der Waals surface area (Å²) >= 11 is 5.94. The van der Waals surface area contributed by atoms with Gasteiger partial charge in [-0.15, -0.1) is 0 Å². The van der Waals surface area contributed by atoms with Crippen LogP contribution in [-0.2, 0) is 13.0 Å². The molecule has 0 atom stereocenters. The Kier molecular flexibility index (Phi) is 5.72. The van der Waals surface area contributed by atoms with E-state index in [1.54, 1.807) is 30.3 Å². The molecule has 0 fully saturated rings. The van der Waals surface area contributed by atoms with Gasteiger partial charge in [-0.1, -0.05) is 17.7 Å². The molecule has 0 N–H and O–H groups in total. The SMILES string of the molecule is COc1cc(Cc2nc3n(n2)CCCCN3c2ccc(F)c(F)c2)ccc1-n1cnc(Cl)c1. The highest BCUT2D eigenvalue weighted by atomic mass is 35.5. The number of halogens is 3. The highest BCUT2D eigenvalue weighted by molar-refractivity contribution is 6.29. The highest BCUT2D eigenvalue weighted by Gasteiger charge is 2.22. The quantitative estimate of drug-likeness (QED) is 0.414. The molecule has 0 spiro atoms. The number of hydrogen-bond acceptors (Lipinski definition) is 5. The predicted octanol–water partition coefficient (Wildman–Crippen LogP) is 4.93. The molecule has 1 aliphatic rings. The van der Waals surface area contributed by atoms with Crippen LogP contribution in [0.15, 0.2) is 48.9 Å². The van der Waals surface area contributed by atoms with Crippen LogP contribution in [0.5, 0.6) is 5.75 Å². The summed E-state index contributed by atoms with van der Waals surface area (Å²) in [5, 5.41) is 5.08. The van der Waals surface area contributed by atoms with E-state index in [1.165, 1.54) is 6.07 Å². The van der Waals surface area contributed by atoms with Crippen LogP contribution in [0, 0.1) is 11.6 Å². The summed E-state index contributed by atoms with van der Waals surface area (Å²) in [6.07, 6.45) is 5.65. The zero-order valence-corrected chi connectivity index (χ0v) is 18.6. The zero-order valence-electron chi connectivity index (χ0n) is 17.9. The van der Waals surface area contributed by atoms with E-state index in [2.05, 4.69) is 10.1 Å². The number of fused-ring (bicyclic) bond motifs is 1. The first-order valence-corrected chi connectivity index (χ1v) is 10.9. The summed E-state index contributed by atoms with van der Waals surface area (Å²) in [5.41, 5.74) is 2.35. The number of rotatable bonds is 5. The normalized spacial score (nSPS) is 13.6. The first-order chi connectivity index (χ1) is 16.0. The molecule has 0 aliphatic carbocycles. The Balaban J connectivity index is 1.44. The van der Waals surface area contributed by atoms with Gasteiger partial charge in [0.15, 0.2) is 17.5 Å². The van der Waals surface area contributed by atoms with Crippen LogP contribution in [-0.4, -0.2) is 38.0 Å². The summed E-state index contributed by atoms with van der Waals surface area (Å²) in [7, 11) is 1.61. The van der Waals surface area contributed by atoms with Crippen molar-refractivity contribution in [2.45, 2.75) is 25.8 Å². The van der Waals surface area contributed by atoms with Crippen molar-refractivity contribution in [1.82, 2.24) is 24.3 Å². The Morgan fingerprint density at radius 1 is 1.06 bits per heavy atom. The fourth-order valence-electron chi connectivity index (χ4n) is 3.99. The lowest BCUT2D eigenvalue weighted by Gasteiger charge is -2.21. The fourth-order valence-corrected chi connectivity index (χ4v) is 4.14. The van der Waals surface area contributed by atoms with E-state index in [1.807, 2.05) is 27.8 Å². The lowest BCUT2D eigenvalue weighted by Crippen LogP contribution is -2.20. The highest BCUT2D eigenvalue weighted by Crippen LogP contribution is 2.30. The number of anilines is 2. The molecule has 0 saturated heterocycles. The number of aryl methyl sites for hydroxylation is 1. The second-order valence-electron chi connectivity index (χ2n) is 7.79. The third-order valence-corrected chi connectivity index (χ3v) is 5.78. The Bertz CT molecular complexity index is 1300.